The van der Waals surface area contributed by atoms with Gasteiger partial charge >= 0.3 is 0 Å². The molecule has 4 nitrogen and oxygen atoms in total. The minimum absolute atomic E-state index is 0.0396. The number of anilines is 1. The summed E-state index contributed by atoms with van der Waals surface area (Å²) in [5.41, 5.74) is 4.68. The zero-order valence-electron chi connectivity index (χ0n) is 16.3. The van der Waals surface area contributed by atoms with Gasteiger partial charge in [-0.15, -0.1) is 0 Å². The van der Waals surface area contributed by atoms with E-state index in [1.165, 1.54) is 6.07 Å². The van der Waals surface area contributed by atoms with Crippen LogP contribution in [0.4, 0.5) is 10.1 Å². The standard InChI is InChI=1S/C23H18Cl2FN3O/c1-13-6-9-20-27-22(15-7-8-18(26)14(2)10-15)19(29(20)12-13)11-21(30)28-23-16(24)4-3-5-17(23)25/h3-10,12H,11H2,1-2H3,(H,28,30). The first-order valence-electron chi connectivity index (χ1n) is 9.31. The largest absolute Gasteiger partial charge is 0.323 e. The van der Waals surface area contributed by atoms with Crippen molar-refractivity contribution in [3.05, 3.63) is 87.4 Å². The highest BCUT2D eigenvalue weighted by Crippen LogP contribution is 2.31. The van der Waals surface area contributed by atoms with Gasteiger partial charge in [0.15, 0.2) is 0 Å². The molecule has 152 valence electrons. The number of aromatic nitrogens is 2. The minimum Gasteiger partial charge on any atom is -0.323 e. The van der Waals surface area contributed by atoms with E-state index in [1.807, 2.05) is 29.7 Å². The number of pyridine rings is 1. The summed E-state index contributed by atoms with van der Waals surface area (Å²) in [6.45, 7) is 3.67. The number of para-hydroxylation sites is 1. The first-order chi connectivity index (χ1) is 14.3. The molecule has 0 aliphatic heterocycles. The normalized spacial score (nSPS) is 11.1. The van der Waals surface area contributed by atoms with E-state index in [1.54, 1.807) is 37.3 Å². The Morgan fingerprint density at radius 1 is 1.10 bits per heavy atom. The lowest BCUT2D eigenvalue weighted by Crippen LogP contribution is -2.16. The Labute approximate surface area is 183 Å². The Bertz CT molecular complexity index is 1260. The smallest absolute Gasteiger partial charge is 0.230 e. The Morgan fingerprint density at radius 2 is 1.83 bits per heavy atom. The van der Waals surface area contributed by atoms with Gasteiger partial charge in [-0.3, -0.25) is 4.79 Å². The lowest BCUT2D eigenvalue weighted by Gasteiger charge is -2.10. The lowest BCUT2D eigenvalue weighted by atomic mass is 10.1. The Kier molecular flexibility index (Phi) is 5.50. The van der Waals surface area contributed by atoms with Gasteiger partial charge in [-0.2, -0.15) is 0 Å². The van der Waals surface area contributed by atoms with Crippen molar-refractivity contribution in [2.45, 2.75) is 20.3 Å². The summed E-state index contributed by atoms with van der Waals surface area (Å²) >= 11 is 12.4. The number of nitrogens with zero attached hydrogens (tertiary/aromatic N) is 2. The third kappa shape index (κ3) is 3.91. The summed E-state index contributed by atoms with van der Waals surface area (Å²) < 4.78 is 15.7. The van der Waals surface area contributed by atoms with Crippen molar-refractivity contribution in [2.75, 3.05) is 5.32 Å². The van der Waals surface area contributed by atoms with Crippen LogP contribution in [0, 0.1) is 19.7 Å². The second-order valence-electron chi connectivity index (χ2n) is 7.13. The second-order valence-corrected chi connectivity index (χ2v) is 7.94. The number of halogens is 3. The quantitative estimate of drug-likeness (QED) is 0.406. The van der Waals surface area contributed by atoms with Crippen molar-refractivity contribution in [3.8, 4) is 11.3 Å². The summed E-state index contributed by atoms with van der Waals surface area (Å²) in [4.78, 5) is 17.6. The van der Waals surface area contributed by atoms with Gasteiger partial charge in [-0.1, -0.05) is 35.3 Å². The number of fused-ring (bicyclic) bond motifs is 1. The molecule has 0 saturated carbocycles. The number of carbonyl (C=O) groups is 1. The topological polar surface area (TPSA) is 46.4 Å². The summed E-state index contributed by atoms with van der Waals surface area (Å²) in [6, 6.07) is 13.7. The molecule has 30 heavy (non-hydrogen) atoms. The predicted molar refractivity (Wildman–Crippen MR) is 119 cm³/mol. The van der Waals surface area contributed by atoms with Crippen LogP contribution in [0.1, 0.15) is 16.8 Å². The molecule has 1 amide bonds. The molecule has 0 aliphatic rings. The Morgan fingerprint density at radius 3 is 2.53 bits per heavy atom. The molecule has 0 unspecified atom stereocenters. The fourth-order valence-corrected chi connectivity index (χ4v) is 3.84. The summed E-state index contributed by atoms with van der Waals surface area (Å²) in [5.74, 6) is -0.570. The molecule has 4 aromatic rings. The maximum Gasteiger partial charge on any atom is 0.230 e. The molecule has 0 radical (unpaired) electrons. The Hall–Kier alpha value is -2.89. The maximum absolute atomic E-state index is 13.8. The minimum atomic E-state index is -0.286. The predicted octanol–water partition coefficient (Wildman–Crippen LogP) is 6.25. The molecule has 0 atom stereocenters. The third-order valence-corrected chi connectivity index (χ3v) is 5.48. The highest BCUT2D eigenvalue weighted by molar-refractivity contribution is 6.39. The van der Waals surface area contributed by atoms with Crippen LogP contribution in [0.15, 0.2) is 54.7 Å². The molecule has 1 N–H and O–H groups in total. The monoisotopic (exact) mass is 441 g/mol. The van der Waals surface area contributed by atoms with Crippen molar-refractivity contribution in [3.63, 3.8) is 0 Å². The SMILES string of the molecule is Cc1ccc2nc(-c3ccc(F)c(C)c3)c(CC(=O)Nc3c(Cl)cccc3Cl)n2c1. The summed E-state index contributed by atoms with van der Waals surface area (Å²) in [7, 11) is 0. The number of imidazole rings is 1. The highest BCUT2D eigenvalue weighted by Gasteiger charge is 2.19. The molecule has 0 fully saturated rings. The molecular weight excluding hydrogens is 424 g/mol. The van der Waals surface area contributed by atoms with Crippen molar-refractivity contribution < 1.29 is 9.18 Å². The lowest BCUT2D eigenvalue weighted by molar-refractivity contribution is -0.115. The van der Waals surface area contributed by atoms with Gasteiger partial charge in [-0.25, -0.2) is 9.37 Å². The zero-order valence-corrected chi connectivity index (χ0v) is 17.9. The number of aryl methyl sites for hydroxylation is 2. The van der Waals surface area contributed by atoms with E-state index in [-0.39, 0.29) is 18.1 Å². The average Bonchev–Trinajstić information content (AvgIpc) is 3.04. The van der Waals surface area contributed by atoms with E-state index in [0.717, 1.165) is 11.1 Å². The van der Waals surface area contributed by atoms with Crippen LogP contribution < -0.4 is 5.32 Å². The number of hydrogen-bond donors (Lipinski definition) is 1. The molecule has 0 aliphatic carbocycles. The number of rotatable bonds is 4. The van der Waals surface area contributed by atoms with E-state index in [0.29, 0.717) is 38.3 Å². The van der Waals surface area contributed by atoms with Crippen LogP contribution in [0.25, 0.3) is 16.9 Å². The van der Waals surface area contributed by atoms with E-state index in [9.17, 15) is 9.18 Å². The van der Waals surface area contributed by atoms with Gasteiger partial charge in [0.25, 0.3) is 0 Å². The van der Waals surface area contributed by atoms with Crippen LogP contribution in [-0.4, -0.2) is 15.3 Å². The highest BCUT2D eigenvalue weighted by atomic mass is 35.5. The number of benzene rings is 2. The van der Waals surface area contributed by atoms with Gasteiger partial charge in [0.2, 0.25) is 5.91 Å². The first kappa shape index (κ1) is 20.4. The van der Waals surface area contributed by atoms with Crippen LogP contribution in [0.5, 0.6) is 0 Å². The third-order valence-electron chi connectivity index (χ3n) is 4.85. The van der Waals surface area contributed by atoms with Gasteiger partial charge in [0.05, 0.1) is 33.5 Å². The molecule has 0 bridgehead atoms. The average molecular weight is 442 g/mol. The zero-order chi connectivity index (χ0) is 21.4. The van der Waals surface area contributed by atoms with Crippen molar-refractivity contribution in [1.82, 2.24) is 9.38 Å². The van der Waals surface area contributed by atoms with E-state index < -0.39 is 0 Å². The van der Waals surface area contributed by atoms with E-state index in [4.69, 9.17) is 28.2 Å². The fraction of sp³-hybridized carbons (Fsp3) is 0.130. The molecule has 0 spiro atoms. The molecular formula is C23H18Cl2FN3O. The molecule has 7 heteroatoms. The van der Waals surface area contributed by atoms with Gasteiger partial charge in [0, 0.05) is 11.8 Å². The van der Waals surface area contributed by atoms with Gasteiger partial charge in [-0.05, 0) is 61.4 Å². The molecule has 2 heterocycles. The van der Waals surface area contributed by atoms with Gasteiger partial charge in [0.1, 0.15) is 11.5 Å². The van der Waals surface area contributed by atoms with Crippen LogP contribution in [0.2, 0.25) is 10.0 Å². The van der Waals surface area contributed by atoms with Crippen molar-refractivity contribution in [1.29, 1.82) is 0 Å². The van der Waals surface area contributed by atoms with E-state index in [2.05, 4.69) is 5.32 Å². The Balaban J connectivity index is 1.77. The fourth-order valence-electron chi connectivity index (χ4n) is 3.34. The first-order valence-corrected chi connectivity index (χ1v) is 10.1. The number of amides is 1. The molecule has 2 aromatic heterocycles. The number of hydrogen-bond acceptors (Lipinski definition) is 2. The van der Waals surface area contributed by atoms with Crippen molar-refractivity contribution in [2.24, 2.45) is 0 Å². The summed E-state index contributed by atoms with van der Waals surface area (Å²) in [6.07, 6.45) is 1.96. The summed E-state index contributed by atoms with van der Waals surface area (Å²) in [5, 5.41) is 3.51. The van der Waals surface area contributed by atoms with Crippen LogP contribution in [-0.2, 0) is 11.2 Å². The maximum atomic E-state index is 13.8. The molecule has 0 saturated heterocycles. The van der Waals surface area contributed by atoms with Crippen LogP contribution in [0.3, 0.4) is 0 Å². The van der Waals surface area contributed by atoms with Gasteiger partial charge < -0.3 is 9.72 Å². The number of nitrogens with one attached hydrogen (secondary N) is 1. The van der Waals surface area contributed by atoms with Crippen molar-refractivity contribution >= 4 is 40.4 Å². The second kappa shape index (κ2) is 8.09. The number of carbonyl (C=O) groups excluding carboxylic acids is 1. The molecule has 4 rings (SSSR count). The van der Waals surface area contributed by atoms with E-state index >= 15 is 0 Å². The molecule has 2 aromatic carbocycles. The van der Waals surface area contributed by atoms with Crippen LogP contribution >= 0.6 is 23.2 Å².